The van der Waals surface area contributed by atoms with Crippen molar-refractivity contribution in [3.63, 3.8) is 0 Å². The summed E-state index contributed by atoms with van der Waals surface area (Å²) in [6, 6.07) is 3.83. The summed E-state index contributed by atoms with van der Waals surface area (Å²) in [4.78, 5) is 0. The Bertz CT molecular complexity index is 367. The number of hydrogen-bond acceptors (Lipinski definition) is 3. The summed E-state index contributed by atoms with van der Waals surface area (Å²) >= 11 is 0. The number of unbranched alkanes of at least 4 members (excludes halogenated alkanes) is 4. The van der Waals surface area contributed by atoms with E-state index in [0.717, 1.165) is 37.9 Å². The second-order valence-electron chi connectivity index (χ2n) is 3.88. The van der Waals surface area contributed by atoms with Gasteiger partial charge in [0.05, 0.1) is 12.0 Å². The van der Waals surface area contributed by atoms with E-state index in [1.54, 1.807) is 6.26 Å². The molecule has 0 radical (unpaired) electrons. The van der Waals surface area contributed by atoms with E-state index in [4.69, 9.17) is 8.97 Å². The molecule has 92 valence electrons. The van der Waals surface area contributed by atoms with Gasteiger partial charge in [-0.15, -0.1) is 0 Å². The van der Waals surface area contributed by atoms with Gasteiger partial charge in [-0.25, -0.2) is 0 Å². The molecule has 5 heteroatoms. The van der Waals surface area contributed by atoms with Gasteiger partial charge in [0.25, 0.3) is 10.1 Å². The van der Waals surface area contributed by atoms with Crippen molar-refractivity contribution in [3.05, 3.63) is 24.2 Å². The molecule has 0 atom stereocenters. The van der Waals surface area contributed by atoms with Gasteiger partial charge in [0, 0.05) is 6.42 Å². The smallest absolute Gasteiger partial charge is 0.264 e. The molecule has 1 heterocycles. The van der Waals surface area contributed by atoms with Crippen molar-refractivity contribution in [2.24, 2.45) is 0 Å². The molecule has 0 fully saturated rings. The lowest BCUT2D eigenvalue weighted by Crippen LogP contribution is -2.03. The Morgan fingerprint density at radius 3 is 2.44 bits per heavy atom. The number of aryl methyl sites for hydroxylation is 1. The van der Waals surface area contributed by atoms with Crippen molar-refractivity contribution in [2.45, 2.75) is 38.5 Å². The molecule has 1 N–H and O–H groups in total. The first kappa shape index (κ1) is 13.3. The Hall–Kier alpha value is -0.810. The van der Waals surface area contributed by atoms with E-state index in [9.17, 15) is 8.42 Å². The third-order valence-electron chi connectivity index (χ3n) is 2.41. The SMILES string of the molecule is O=S(=O)(O)CCCCCCCc1ccco1. The Morgan fingerprint density at radius 2 is 1.81 bits per heavy atom. The van der Waals surface area contributed by atoms with Crippen LogP contribution in [-0.4, -0.2) is 18.7 Å². The van der Waals surface area contributed by atoms with Crippen LogP contribution in [0.5, 0.6) is 0 Å². The minimum atomic E-state index is -3.77. The summed E-state index contributed by atoms with van der Waals surface area (Å²) < 4.78 is 34.5. The van der Waals surface area contributed by atoms with Crippen molar-refractivity contribution in [3.8, 4) is 0 Å². The van der Waals surface area contributed by atoms with Gasteiger partial charge in [0.15, 0.2) is 0 Å². The molecule has 1 rings (SSSR count). The van der Waals surface area contributed by atoms with Crippen LogP contribution in [-0.2, 0) is 16.5 Å². The van der Waals surface area contributed by atoms with Gasteiger partial charge in [-0.05, 0) is 25.0 Å². The van der Waals surface area contributed by atoms with Crippen molar-refractivity contribution in [1.29, 1.82) is 0 Å². The molecule has 1 aromatic heterocycles. The first-order chi connectivity index (χ1) is 7.58. The molecule has 0 spiro atoms. The predicted molar refractivity (Wildman–Crippen MR) is 61.9 cm³/mol. The average Bonchev–Trinajstić information content (AvgIpc) is 2.67. The van der Waals surface area contributed by atoms with E-state index in [0.29, 0.717) is 6.42 Å². The van der Waals surface area contributed by atoms with Crippen LogP contribution < -0.4 is 0 Å². The standard InChI is InChI=1S/C11H18O4S/c12-16(13,14)10-5-3-1-2-4-7-11-8-6-9-15-11/h6,8-9H,1-5,7,10H2,(H,12,13,14). The van der Waals surface area contributed by atoms with E-state index in [-0.39, 0.29) is 5.75 Å². The Balaban J connectivity index is 1.93. The normalized spacial score (nSPS) is 11.8. The molecule has 16 heavy (non-hydrogen) atoms. The largest absolute Gasteiger partial charge is 0.469 e. The number of furan rings is 1. The molecule has 0 saturated heterocycles. The highest BCUT2D eigenvalue weighted by atomic mass is 32.2. The molecule has 0 aliphatic rings. The maximum absolute atomic E-state index is 10.4. The lowest BCUT2D eigenvalue weighted by atomic mass is 10.1. The van der Waals surface area contributed by atoms with Crippen molar-refractivity contribution in [1.82, 2.24) is 0 Å². The highest BCUT2D eigenvalue weighted by Gasteiger charge is 2.03. The minimum Gasteiger partial charge on any atom is -0.469 e. The van der Waals surface area contributed by atoms with Gasteiger partial charge in [-0.2, -0.15) is 8.42 Å². The van der Waals surface area contributed by atoms with Crippen molar-refractivity contribution < 1.29 is 17.4 Å². The molecular weight excluding hydrogens is 228 g/mol. The van der Waals surface area contributed by atoms with Gasteiger partial charge >= 0.3 is 0 Å². The highest BCUT2D eigenvalue weighted by molar-refractivity contribution is 7.85. The summed E-state index contributed by atoms with van der Waals surface area (Å²) in [6.07, 6.45) is 7.10. The lowest BCUT2D eigenvalue weighted by molar-refractivity contribution is 0.477. The van der Waals surface area contributed by atoms with Crippen molar-refractivity contribution in [2.75, 3.05) is 5.75 Å². The van der Waals surface area contributed by atoms with E-state index in [1.165, 1.54) is 0 Å². The Morgan fingerprint density at radius 1 is 1.12 bits per heavy atom. The highest BCUT2D eigenvalue weighted by Crippen LogP contribution is 2.09. The van der Waals surface area contributed by atoms with E-state index in [1.807, 2.05) is 12.1 Å². The third kappa shape index (κ3) is 6.63. The summed E-state index contributed by atoms with van der Waals surface area (Å²) in [5, 5.41) is 0. The molecule has 0 aliphatic carbocycles. The zero-order chi connectivity index (χ0) is 11.9. The monoisotopic (exact) mass is 246 g/mol. The Kier molecular flexibility index (Phi) is 5.55. The first-order valence-electron chi connectivity index (χ1n) is 5.55. The zero-order valence-corrected chi connectivity index (χ0v) is 10.1. The van der Waals surface area contributed by atoms with Crippen LogP contribution >= 0.6 is 0 Å². The quantitative estimate of drug-likeness (QED) is 0.565. The van der Waals surface area contributed by atoms with Crippen LogP contribution in [0.4, 0.5) is 0 Å². The van der Waals surface area contributed by atoms with Gasteiger partial charge < -0.3 is 4.42 Å². The van der Waals surface area contributed by atoms with E-state index >= 15 is 0 Å². The van der Waals surface area contributed by atoms with Crippen LogP contribution in [0.15, 0.2) is 22.8 Å². The summed E-state index contributed by atoms with van der Waals surface area (Å²) in [5.41, 5.74) is 0. The van der Waals surface area contributed by atoms with E-state index < -0.39 is 10.1 Å². The topological polar surface area (TPSA) is 67.5 Å². The fourth-order valence-electron chi connectivity index (χ4n) is 1.57. The summed E-state index contributed by atoms with van der Waals surface area (Å²) in [6.45, 7) is 0. The van der Waals surface area contributed by atoms with Gasteiger partial charge in [-0.3, -0.25) is 4.55 Å². The molecular formula is C11H18O4S. The predicted octanol–water partition coefficient (Wildman–Crippen LogP) is 2.66. The maximum Gasteiger partial charge on any atom is 0.264 e. The molecule has 0 aromatic carbocycles. The molecule has 0 bridgehead atoms. The van der Waals surface area contributed by atoms with Gasteiger partial charge in [0.2, 0.25) is 0 Å². The zero-order valence-electron chi connectivity index (χ0n) is 9.26. The van der Waals surface area contributed by atoms with Crippen LogP contribution in [0.25, 0.3) is 0 Å². The number of rotatable bonds is 8. The Labute approximate surface area is 96.4 Å². The van der Waals surface area contributed by atoms with E-state index in [2.05, 4.69) is 0 Å². The second kappa shape index (κ2) is 6.70. The maximum atomic E-state index is 10.4. The van der Waals surface area contributed by atoms with Crippen molar-refractivity contribution >= 4 is 10.1 Å². The fourth-order valence-corrected chi connectivity index (χ4v) is 2.14. The fraction of sp³-hybridized carbons (Fsp3) is 0.636. The van der Waals surface area contributed by atoms with Crippen LogP contribution in [0.1, 0.15) is 37.9 Å². The molecule has 0 unspecified atom stereocenters. The lowest BCUT2D eigenvalue weighted by Gasteiger charge is -1.99. The van der Waals surface area contributed by atoms with Gasteiger partial charge in [-0.1, -0.05) is 19.3 Å². The summed E-state index contributed by atoms with van der Waals surface area (Å²) in [7, 11) is -3.77. The minimum absolute atomic E-state index is 0.120. The molecule has 1 aromatic rings. The van der Waals surface area contributed by atoms with Crippen LogP contribution in [0.2, 0.25) is 0 Å². The second-order valence-corrected chi connectivity index (χ2v) is 5.46. The number of hydrogen-bond donors (Lipinski definition) is 1. The third-order valence-corrected chi connectivity index (χ3v) is 3.21. The molecule has 0 amide bonds. The summed E-state index contributed by atoms with van der Waals surface area (Å²) in [5.74, 6) is 0.878. The molecule has 4 nitrogen and oxygen atoms in total. The van der Waals surface area contributed by atoms with Gasteiger partial charge in [0.1, 0.15) is 5.76 Å². The van der Waals surface area contributed by atoms with Crippen LogP contribution in [0, 0.1) is 0 Å². The molecule has 0 saturated carbocycles. The average molecular weight is 246 g/mol. The molecule has 0 aliphatic heterocycles. The van der Waals surface area contributed by atoms with Crippen LogP contribution in [0.3, 0.4) is 0 Å². The first-order valence-corrected chi connectivity index (χ1v) is 7.16.